The Morgan fingerprint density at radius 1 is 0.971 bits per heavy atom. The molecule has 0 bridgehead atoms. The largest absolute Gasteiger partial charge is 0.497 e. The minimum Gasteiger partial charge on any atom is -0.497 e. The molecule has 0 atom stereocenters. The SMILES string of the molecule is COc1ccc(OC)c(-n2nnnc2SCC(=O)Nc2ccc(Oc3cccc(C)c3)cc2)c1. The van der Waals surface area contributed by atoms with Gasteiger partial charge in [0, 0.05) is 11.8 Å². The summed E-state index contributed by atoms with van der Waals surface area (Å²) in [5.74, 6) is 2.59. The summed E-state index contributed by atoms with van der Waals surface area (Å²) in [7, 11) is 3.14. The number of hydrogen-bond acceptors (Lipinski definition) is 8. The molecule has 174 valence electrons. The number of carbonyl (C=O) groups is 1. The third kappa shape index (κ3) is 5.65. The first-order chi connectivity index (χ1) is 16.6. The van der Waals surface area contributed by atoms with Crippen LogP contribution in [0.15, 0.2) is 71.9 Å². The second-order valence-corrected chi connectivity index (χ2v) is 8.13. The number of carbonyl (C=O) groups excluding carboxylic acids is 1. The van der Waals surface area contributed by atoms with Gasteiger partial charge in [0.2, 0.25) is 11.1 Å². The van der Waals surface area contributed by atoms with E-state index in [1.807, 2.05) is 31.2 Å². The zero-order valence-electron chi connectivity index (χ0n) is 18.9. The Bertz CT molecular complexity index is 1280. The molecule has 0 unspecified atom stereocenters. The van der Waals surface area contributed by atoms with Gasteiger partial charge in [-0.1, -0.05) is 23.9 Å². The summed E-state index contributed by atoms with van der Waals surface area (Å²) in [6, 6.07) is 20.3. The number of methoxy groups -OCH3 is 2. The van der Waals surface area contributed by atoms with E-state index in [0.717, 1.165) is 11.3 Å². The molecule has 1 heterocycles. The van der Waals surface area contributed by atoms with E-state index in [4.69, 9.17) is 14.2 Å². The normalized spacial score (nSPS) is 10.6. The maximum absolute atomic E-state index is 12.5. The average molecular weight is 478 g/mol. The van der Waals surface area contributed by atoms with Crippen molar-refractivity contribution in [3.8, 4) is 28.7 Å². The highest BCUT2D eigenvalue weighted by Crippen LogP contribution is 2.30. The van der Waals surface area contributed by atoms with Gasteiger partial charge >= 0.3 is 0 Å². The van der Waals surface area contributed by atoms with Crippen LogP contribution in [-0.4, -0.2) is 46.1 Å². The van der Waals surface area contributed by atoms with Crippen LogP contribution in [0.1, 0.15) is 5.56 Å². The van der Waals surface area contributed by atoms with Crippen LogP contribution in [0.5, 0.6) is 23.0 Å². The Balaban J connectivity index is 1.37. The van der Waals surface area contributed by atoms with Crippen LogP contribution in [0.4, 0.5) is 5.69 Å². The van der Waals surface area contributed by atoms with Gasteiger partial charge in [-0.25, -0.2) is 0 Å². The molecule has 0 aliphatic rings. The summed E-state index contributed by atoms with van der Waals surface area (Å²) in [6.45, 7) is 2.01. The summed E-state index contributed by atoms with van der Waals surface area (Å²) in [5.41, 5.74) is 2.39. The van der Waals surface area contributed by atoms with Gasteiger partial charge < -0.3 is 19.5 Å². The smallest absolute Gasteiger partial charge is 0.234 e. The minimum atomic E-state index is -0.190. The van der Waals surface area contributed by atoms with Crippen molar-refractivity contribution < 1.29 is 19.0 Å². The molecule has 9 nitrogen and oxygen atoms in total. The molecule has 1 aromatic heterocycles. The highest BCUT2D eigenvalue weighted by Gasteiger charge is 2.16. The van der Waals surface area contributed by atoms with Crippen molar-refractivity contribution in [3.63, 3.8) is 0 Å². The lowest BCUT2D eigenvalue weighted by atomic mass is 10.2. The molecule has 0 radical (unpaired) electrons. The molecule has 0 aliphatic carbocycles. The second kappa shape index (κ2) is 10.7. The van der Waals surface area contributed by atoms with Gasteiger partial charge in [-0.3, -0.25) is 4.79 Å². The predicted molar refractivity (Wildman–Crippen MR) is 129 cm³/mol. The van der Waals surface area contributed by atoms with Crippen LogP contribution in [-0.2, 0) is 4.79 Å². The average Bonchev–Trinajstić information content (AvgIpc) is 3.32. The molecule has 0 saturated carbocycles. The van der Waals surface area contributed by atoms with E-state index in [0.29, 0.717) is 33.8 Å². The monoisotopic (exact) mass is 477 g/mol. The number of aryl methyl sites for hydroxylation is 1. The van der Waals surface area contributed by atoms with Crippen molar-refractivity contribution >= 4 is 23.4 Å². The first-order valence-corrected chi connectivity index (χ1v) is 11.3. The van der Waals surface area contributed by atoms with E-state index < -0.39 is 0 Å². The Morgan fingerprint density at radius 3 is 2.50 bits per heavy atom. The van der Waals surface area contributed by atoms with Gasteiger partial charge in [0.15, 0.2) is 0 Å². The van der Waals surface area contributed by atoms with E-state index in [1.54, 1.807) is 56.7 Å². The van der Waals surface area contributed by atoms with Crippen LogP contribution in [0, 0.1) is 6.92 Å². The molecular formula is C24H23N5O4S. The molecule has 3 aromatic carbocycles. The zero-order valence-corrected chi connectivity index (χ0v) is 19.7. The van der Waals surface area contributed by atoms with Gasteiger partial charge in [-0.2, -0.15) is 4.68 Å². The lowest BCUT2D eigenvalue weighted by molar-refractivity contribution is -0.113. The van der Waals surface area contributed by atoms with Crippen molar-refractivity contribution in [2.45, 2.75) is 12.1 Å². The van der Waals surface area contributed by atoms with Crippen LogP contribution < -0.4 is 19.5 Å². The molecule has 0 saturated heterocycles. The van der Waals surface area contributed by atoms with Crippen LogP contribution >= 0.6 is 11.8 Å². The van der Waals surface area contributed by atoms with Gasteiger partial charge in [0.1, 0.15) is 28.7 Å². The first-order valence-electron chi connectivity index (χ1n) is 10.3. The summed E-state index contributed by atoms with van der Waals surface area (Å²) in [5, 5.41) is 15.1. The maximum atomic E-state index is 12.5. The fraction of sp³-hybridized carbons (Fsp3) is 0.167. The summed E-state index contributed by atoms with van der Waals surface area (Å²) in [4.78, 5) is 12.5. The van der Waals surface area contributed by atoms with Crippen molar-refractivity contribution in [3.05, 3.63) is 72.3 Å². The number of amides is 1. The second-order valence-electron chi connectivity index (χ2n) is 7.19. The van der Waals surface area contributed by atoms with Crippen molar-refractivity contribution in [1.29, 1.82) is 0 Å². The number of aromatic nitrogens is 4. The number of nitrogens with zero attached hydrogens (tertiary/aromatic N) is 4. The molecule has 10 heteroatoms. The molecule has 0 aliphatic heterocycles. The number of hydrogen-bond donors (Lipinski definition) is 1. The van der Waals surface area contributed by atoms with E-state index in [1.165, 1.54) is 16.4 Å². The van der Waals surface area contributed by atoms with E-state index in [9.17, 15) is 4.79 Å². The van der Waals surface area contributed by atoms with Crippen LogP contribution in [0.3, 0.4) is 0 Å². The predicted octanol–water partition coefficient (Wildman–Crippen LogP) is 4.51. The molecule has 1 N–H and O–H groups in total. The number of rotatable bonds is 9. The zero-order chi connectivity index (χ0) is 23.9. The summed E-state index contributed by atoms with van der Waals surface area (Å²) >= 11 is 1.21. The van der Waals surface area contributed by atoms with Gasteiger partial charge in [0.05, 0.1) is 20.0 Å². The Kier molecular flexibility index (Phi) is 7.28. The third-order valence-electron chi connectivity index (χ3n) is 4.75. The molecular weight excluding hydrogens is 454 g/mol. The molecule has 1 amide bonds. The molecule has 4 aromatic rings. The topological polar surface area (TPSA) is 100 Å². The highest BCUT2D eigenvalue weighted by molar-refractivity contribution is 7.99. The van der Waals surface area contributed by atoms with Crippen molar-refractivity contribution in [2.75, 3.05) is 25.3 Å². The van der Waals surface area contributed by atoms with Crippen molar-refractivity contribution in [2.24, 2.45) is 0 Å². The highest BCUT2D eigenvalue weighted by atomic mass is 32.2. The van der Waals surface area contributed by atoms with Gasteiger partial charge in [-0.15, -0.1) is 5.10 Å². The van der Waals surface area contributed by atoms with E-state index in [-0.39, 0.29) is 11.7 Å². The number of tetrazole rings is 1. The number of thioether (sulfide) groups is 1. The van der Waals surface area contributed by atoms with E-state index in [2.05, 4.69) is 20.8 Å². The first kappa shape index (κ1) is 23.1. The molecule has 4 rings (SSSR count). The third-order valence-corrected chi connectivity index (χ3v) is 5.67. The van der Waals surface area contributed by atoms with Gasteiger partial charge in [0.25, 0.3) is 0 Å². The van der Waals surface area contributed by atoms with E-state index >= 15 is 0 Å². The quantitative estimate of drug-likeness (QED) is 0.352. The Morgan fingerprint density at radius 2 is 1.76 bits per heavy atom. The van der Waals surface area contributed by atoms with Gasteiger partial charge in [-0.05, 0) is 71.4 Å². The lowest BCUT2D eigenvalue weighted by Gasteiger charge is -2.11. The Labute approximate surface area is 201 Å². The molecule has 34 heavy (non-hydrogen) atoms. The lowest BCUT2D eigenvalue weighted by Crippen LogP contribution is -2.14. The van der Waals surface area contributed by atoms with Crippen molar-refractivity contribution in [1.82, 2.24) is 20.2 Å². The Hall–Kier alpha value is -4.05. The standard InChI is InChI=1S/C24H23N5O4S/c1-16-5-4-6-20(13-16)33-18-9-7-17(8-10-18)25-23(30)15-34-24-26-27-28-29(24)21-14-19(31-2)11-12-22(21)32-3/h4-14H,15H2,1-3H3,(H,25,30). The number of anilines is 1. The van der Waals surface area contributed by atoms with Crippen LogP contribution in [0.2, 0.25) is 0 Å². The number of ether oxygens (including phenoxy) is 3. The molecule has 0 fully saturated rings. The molecule has 0 spiro atoms. The number of benzene rings is 3. The maximum Gasteiger partial charge on any atom is 0.234 e. The van der Waals surface area contributed by atoms with Crippen LogP contribution in [0.25, 0.3) is 5.69 Å². The summed E-state index contributed by atoms with van der Waals surface area (Å²) in [6.07, 6.45) is 0. The number of nitrogens with one attached hydrogen (secondary N) is 1. The summed E-state index contributed by atoms with van der Waals surface area (Å²) < 4.78 is 18.1. The fourth-order valence-corrected chi connectivity index (χ4v) is 3.81. The fourth-order valence-electron chi connectivity index (χ4n) is 3.13. The minimum absolute atomic E-state index is 0.119.